The number of rotatable bonds is 2. The topological polar surface area (TPSA) is 40.9 Å². The summed E-state index contributed by atoms with van der Waals surface area (Å²) >= 11 is 0. The van der Waals surface area contributed by atoms with Crippen LogP contribution < -0.4 is 29.6 Å². The molecule has 40 valence electrons. The van der Waals surface area contributed by atoms with Crippen LogP contribution >= 0.6 is 0 Å². The fraction of sp³-hybridized carbons (Fsp3) is 0.400. The maximum Gasteiger partial charge on any atom is 1.00 e. The molecule has 0 aromatic carbocycles. The van der Waals surface area contributed by atoms with Gasteiger partial charge in [-0.15, -0.1) is 0 Å². The van der Waals surface area contributed by atoms with Gasteiger partial charge in [0.05, 0.1) is 5.91 Å². The fourth-order valence-electron chi connectivity index (χ4n) is 0.161. The zero-order valence-corrected chi connectivity index (χ0v) is 7.32. The molecule has 0 fully saturated rings. The molecule has 0 aromatic rings. The van der Waals surface area contributed by atoms with Crippen molar-refractivity contribution in [2.24, 2.45) is 0 Å². The molecular formula is C5H8NNaO. The van der Waals surface area contributed by atoms with Gasteiger partial charge in [0, 0.05) is 0 Å². The van der Waals surface area contributed by atoms with Gasteiger partial charge in [0.1, 0.15) is 0 Å². The Morgan fingerprint density at radius 2 is 2.12 bits per heavy atom. The summed E-state index contributed by atoms with van der Waals surface area (Å²) in [4.78, 5) is 9.94. The van der Waals surface area contributed by atoms with E-state index in [4.69, 9.17) is 5.73 Å². The molecule has 0 aliphatic heterocycles. The van der Waals surface area contributed by atoms with Crippen molar-refractivity contribution in [1.29, 1.82) is 0 Å². The molecule has 0 unspecified atom stereocenters. The minimum Gasteiger partial charge on any atom is -0.664 e. The van der Waals surface area contributed by atoms with E-state index in [-0.39, 0.29) is 29.6 Å². The molecule has 0 aliphatic carbocycles. The summed E-state index contributed by atoms with van der Waals surface area (Å²) in [5.74, 6) is -0.650. The van der Waals surface area contributed by atoms with Crippen LogP contribution in [0.1, 0.15) is 13.3 Å². The van der Waals surface area contributed by atoms with Crippen LogP contribution in [0.4, 0.5) is 0 Å². The minimum atomic E-state index is -0.650. The van der Waals surface area contributed by atoms with Gasteiger partial charge >= 0.3 is 29.6 Å². The molecule has 0 radical (unpaired) electrons. The van der Waals surface area contributed by atoms with Gasteiger partial charge in [0.25, 0.3) is 0 Å². The standard InChI is InChI=1S/C5H9NO.Na/c1-3-4(2)5(6)7;/h2-3H2,1H3,(H2,6,7);/q;+1/p-1. The summed E-state index contributed by atoms with van der Waals surface area (Å²) in [5, 5.41) is 0. The number of hydrogen-bond acceptors (Lipinski definition) is 1. The third kappa shape index (κ3) is 4.37. The smallest absolute Gasteiger partial charge is 0.664 e. The minimum absolute atomic E-state index is 0. The second kappa shape index (κ2) is 5.35. The monoisotopic (exact) mass is 121 g/mol. The number of nitrogens with one attached hydrogen (secondary N) is 1. The fourth-order valence-corrected chi connectivity index (χ4v) is 0.161. The summed E-state index contributed by atoms with van der Waals surface area (Å²) < 4.78 is 0. The zero-order valence-electron chi connectivity index (χ0n) is 5.32. The molecule has 8 heavy (non-hydrogen) atoms. The van der Waals surface area contributed by atoms with Crippen LogP contribution in [0.5, 0.6) is 0 Å². The Labute approximate surface area is 71.4 Å². The molecule has 0 aromatic heterocycles. The van der Waals surface area contributed by atoms with Crippen LogP contribution in [-0.4, -0.2) is 5.91 Å². The molecule has 1 amide bonds. The van der Waals surface area contributed by atoms with Crippen LogP contribution in [0.2, 0.25) is 0 Å². The van der Waals surface area contributed by atoms with Gasteiger partial charge in [-0.3, -0.25) is 0 Å². The van der Waals surface area contributed by atoms with Gasteiger partial charge in [0.15, 0.2) is 0 Å². The summed E-state index contributed by atoms with van der Waals surface area (Å²) in [6.07, 6.45) is 0.586. The van der Waals surface area contributed by atoms with E-state index in [2.05, 4.69) is 6.58 Å². The zero-order chi connectivity index (χ0) is 5.86. The second-order valence-electron chi connectivity index (χ2n) is 1.29. The largest absolute Gasteiger partial charge is 1.00 e. The first-order chi connectivity index (χ1) is 3.18. The van der Waals surface area contributed by atoms with Gasteiger partial charge < -0.3 is 10.5 Å². The molecule has 0 bridgehead atoms. The second-order valence-corrected chi connectivity index (χ2v) is 1.29. The van der Waals surface area contributed by atoms with Crippen LogP contribution in [0.25, 0.3) is 5.73 Å². The van der Waals surface area contributed by atoms with E-state index in [9.17, 15) is 4.79 Å². The van der Waals surface area contributed by atoms with E-state index in [0.717, 1.165) is 0 Å². The van der Waals surface area contributed by atoms with Crippen molar-refractivity contribution >= 4 is 5.91 Å². The van der Waals surface area contributed by atoms with Gasteiger partial charge in [0.2, 0.25) is 0 Å². The summed E-state index contributed by atoms with van der Waals surface area (Å²) in [5.41, 5.74) is 6.82. The first-order valence-corrected chi connectivity index (χ1v) is 2.12. The Hall–Kier alpha value is 0.210. The molecule has 0 aliphatic rings. The van der Waals surface area contributed by atoms with Crippen LogP contribution in [-0.2, 0) is 4.79 Å². The van der Waals surface area contributed by atoms with Crippen molar-refractivity contribution in [3.05, 3.63) is 17.9 Å². The normalized spacial score (nSPS) is 7.12. The third-order valence-corrected chi connectivity index (χ3v) is 0.748. The molecular weight excluding hydrogens is 113 g/mol. The Kier molecular flexibility index (Phi) is 7.40. The summed E-state index contributed by atoms with van der Waals surface area (Å²) in [7, 11) is 0. The molecule has 0 atom stereocenters. The third-order valence-electron chi connectivity index (χ3n) is 0.748. The van der Waals surface area contributed by atoms with Gasteiger partial charge in [-0.2, -0.15) is 0 Å². The van der Waals surface area contributed by atoms with Crippen LogP contribution in [0.3, 0.4) is 0 Å². The molecule has 3 heteroatoms. The predicted octanol–water partition coefficient (Wildman–Crippen LogP) is -1.46. The van der Waals surface area contributed by atoms with Crippen LogP contribution in [0, 0.1) is 0 Å². The van der Waals surface area contributed by atoms with Crippen molar-refractivity contribution in [2.45, 2.75) is 13.3 Å². The SMILES string of the molecule is C=C(CC)C([NH-])=O.[Na+]. The van der Waals surface area contributed by atoms with Crippen LogP contribution in [0.15, 0.2) is 12.2 Å². The maximum atomic E-state index is 9.94. The van der Waals surface area contributed by atoms with Crippen molar-refractivity contribution < 1.29 is 34.4 Å². The number of amides is 1. The number of carbonyl (C=O) groups excluding carboxylic acids is 1. The molecule has 1 N–H and O–H groups in total. The number of hydrogen-bond donors (Lipinski definition) is 0. The Balaban J connectivity index is 0. The Morgan fingerprint density at radius 1 is 1.75 bits per heavy atom. The Morgan fingerprint density at radius 3 is 2.12 bits per heavy atom. The summed E-state index contributed by atoms with van der Waals surface area (Å²) in [6, 6.07) is 0. The van der Waals surface area contributed by atoms with Crippen molar-refractivity contribution in [3.8, 4) is 0 Å². The van der Waals surface area contributed by atoms with E-state index >= 15 is 0 Å². The summed E-state index contributed by atoms with van der Waals surface area (Å²) in [6.45, 7) is 5.14. The molecule has 0 rings (SSSR count). The molecule has 2 nitrogen and oxygen atoms in total. The predicted molar refractivity (Wildman–Crippen MR) is 28.8 cm³/mol. The number of carbonyl (C=O) groups is 1. The average molecular weight is 121 g/mol. The van der Waals surface area contributed by atoms with E-state index in [1.54, 1.807) is 6.92 Å². The Bertz CT molecular complexity index is 101. The first kappa shape index (κ1) is 11.1. The van der Waals surface area contributed by atoms with Crippen molar-refractivity contribution in [1.82, 2.24) is 0 Å². The van der Waals surface area contributed by atoms with E-state index in [1.807, 2.05) is 0 Å². The van der Waals surface area contributed by atoms with Gasteiger partial charge in [-0.1, -0.05) is 13.5 Å². The van der Waals surface area contributed by atoms with Crippen molar-refractivity contribution in [2.75, 3.05) is 0 Å². The molecule has 0 heterocycles. The maximum absolute atomic E-state index is 9.94. The molecule has 0 saturated heterocycles. The van der Waals surface area contributed by atoms with E-state index in [1.165, 1.54) is 0 Å². The van der Waals surface area contributed by atoms with E-state index < -0.39 is 5.91 Å². The van der Waals surface area contributed by atoms with Gasteiger partial charge in [-0.25, -0.2) is 0 Å². The van der Waals surface area contributed by atoms with E-state index in [0.29, 0.717) is 12.0 Å². The first-order valence-electron chi connectivity index (χ1n) is 2.12. The van der Waals surface area contributed by atoms with Gasteiger partial charge in [-0.05, 0) is 12.0 Å². The molecule has 0 spiro atoms. The van der Waals surface area contributed by atoms with Crippen molar-refractivity contribution in [3.63, 3.8) is 0 Å². The molecule has 0 saturated carbocycles. The average Bonchev–Trinajstić information content (AvgIpc) is 1.65. The quantitative estimate of drug-likeness (QED) is 0.325.